The second-order valence-electron chi connectivity index (χ2n) is 29.8. The normalized spacial score (nSPS) is 24.7. The number of rotatable bonds is 19. The minimum atomic E-state index is -1.74. The summed E-state index contributed by atoms with van der Waals surface area (Å²) < 4.78 is 12.4. The predicted molar refractivity (Wildman–Crippen MR) is 458 cm³/mol. The summed E-state index contributed by atoms with van der Waals surface area (Å²) in [5.41, 5.74) is 21.0. The summed E-state index contributed by atoms with van der Waals surface area (Å²) >= 11 is 0. The Morgan fingerprint density at radius 2 is 0.936 bits per heavy atom. The zero-order chi connectivity index (χ0) is 90.6. The molecule has 12 atom stereocenters. The summed E-state index contributed by atoms with van der Waals surface area (Å²) in [7, 11) is 4.64. The Balaban J connectivity index is 0.000000283. The van der Waals surface area contributed by atoms with E-state index < -0.39 is 206 Å². The standard InChI is InChI=1S/C40H49N11O11S2.C38H52N10O11S2/c1-20-40(61)51-17-24(62-18-22-15-44-26-5-3-2-4-25(22)26)12-30(51)39(60)50-29(36(43)57)19-64-63-11-10-31(52)48-27(13-32(53)47-23-8-6-21(7-9-23)35(41)42)37(58)45-16-33(54)49-28(14-34(55)56)38(59)46-20;1-20-38(58)48-17-23(59-18-22-14-41-25-5-3-2-4-24(22)25)12-29(48)37(57)47-28(33(39)53)19-61-60-11-8-30(49)46-27(15-42-34(54)21-6-9-40-10-7-21)35(55)43-16-31(50)45-26(13-32(51)52)36(56)44-20/h2-9,15,20,24,27-30,44H,10-14,16-19H2,1H3,(H3,41,42)(H2,43,57)(H,45,58)(H,46,59)(H,47,53)(H,48,52)(H,49,54)(H,50,60)(H,55,56);2-5,14,20-21,23,26-29,40-41H,6-13,15-19H2,1H3,(H2,39,53)(H,42,54)(H,43,55)(H,44,56)(H,45,50)(H,46,49)(H,47,57)(H,51,52). The molecule has 674 valence electrons. The lowest BCUT2D eigenvalue weighted by molar-refractivity contribution is -0.143. The third-order valence-electron chi connectivity index (χ3n) is 20.5. The molecule has 16 amide bonds. The minimum absolute atomic E-state index is 0.000716. The number of nitrogens with two attached hydrogens (primary N) is 3. The average Bonchev–Trinajstić information content (AvgIpc) is 1.67. The van der Waals surface area contributed by atoms with Gasteiger partial charge in [0, 0.05) is 131 Å². The number of primary amides is 2. The first kappa shape index (κ1) is 96.8. The van der Waals surface area contributed by atoms with Crippen molar-refractivity contribution in [3.05, 3.63) is 102 Å². The second-order valence-corrected chi connectivity index (χ2v) is 35.0. The van der Waals surface area contributed by atoms with Crippen LogP contribution in [0.2, 0.25) is 0 Å². The number of para-hydroxylation sites is 2. The lowest BCUT2D eigenvalue weighted by Gasteiger charge is -2.28. The van der Waals surface area contributed by atoms with Gasteiger partial charge in [0.05, 0.1) is 57.8 Å². The number of aliphatic carboxylic acids is 2. The maximum absolute atomic E-state index is 14.0. The quantitative estimate of drug-likeness (QED) is 0.0216. The van der Waals surface area contributed by atoms with Gasteiger partial charge in [0.25, 0.3) is 0 Å². The number of nitrogens with zero attached hydrogens (tertiary/aromatic N) is 2. The van der Waals surface area contributed by atoms with Crippen molar-refractivity contribution in [2.45, 2.75) is 157 Å². The van der Waals surface area contributed by atoms with Crippen molar-refractivity contribution in [2.75, 3.05) is 74.1 Å². The Kier molecular flexibility index (Phi) is 36.5. The molecule has 0 aliphatic carbocycles. The fourth-order valence-corrected chi connectivity index (χ4v) is 18.2. The fourth-order valence-electron chi connectivity index (χ4n) is 13.9. The van der Waals surface area contributed by atoms with Gasteiger partial charge >= 0.3 is 11.9 Å². The van der Waals surface area contributed by atoms with Crippen LogP contribution in [0.3, 0.4) is 0 Å². The van der Waals surface area contributed by atoms with E-state index in [-0.39, 0.29) is 99.2 Å². The van der Waals surface area contributed by atoms with Gasteiger partial charge in [-0.15, -0.1) is 0 Å². The van der Waals surface area contributed by atoms with E-state index in [9.17, 15) is 96.5 Å². The molecule has 2 aromatic heterocycles. The summed E-state index contributed by atoms with van der Waals surface area (Å²) in [4.78, 5) is 245. The molecule has 24 N–H and O–H groups in total. The number of fused-ring (bicyclic) bond motifs is 4. The average molecular weight is 1810 g/mol. The Hall–Kier alpha value is -12.1. The smallest absolute Gasteiger partial charge is 0.305 e. The first-order valence-electron chi connectivity index (χ1n) is 39.8. The van der Waals surface area contributed by atoms with Crippen LogP contribution in [0.1, 0.15) is 88.3 Å². The van der Waals surface area contributed by atoms with E-state index in [1.165, 1.54) is 58.7 Å². The molecule has 0 spiro atoms. The molecule has 5 aliphatic rings. The first-order valence-corrected chi connectivity index (χ1v) is 44.8. The molecule has 12 unspecified atom stereocenters. The summed E-state index contributed by atoms with van der Waals surface area (Å²) in [6, 6.07) is 7.36. The monoisotopic (exact) mass is 1810 g/mol. The molecule has 5 saturated heterocycles. The van der Waals surface area contributed by atoms with Crippen LogP contribution in [0.15, 0.2) is 85.2 Å². The summed E-state index contributed by atoms with van der Waals surface area (Å²) in [6.45, 7) is 2.18. The van der Waals surface area contributed by atoms with E-state index in [0.717, 1.165) is 65.3 Å². The van der Waals surface area contributed by atoms with Gasteiger partial charge in [0.15, 0.2) is 0 Å². The van der Waals surface area contributed by atoms with Crippen LogP contribution in [-0.2, 0) is 109 Å². The fraction of sp³-hybridized carbons (Fsp3) is 0.474. The number of ether oxygens (including phenoxy) is 2. The summed E-state index contributed by atoms with van der Waals surface area (Å²) in [5, 5.41) is 61.2. The predicted octanol–water partition coefficient (Wildman–Crippen LogP) is -3.62. The molecule has 10 rings (SSSR count). The zero-order valence-corrected chi connectivity index (χ0v) is 71.2. The number of nitrogen functional groups attached to an aromatic ring is 1. The van der Waals surface area contributed by atoms with E-state index in [1.54, 1.807) is 12.4 Å². The first-order chi connectivity index (χ1) is 59.7. The number of carbonyl (C=O) groups excluding carboxylic acids is 16. The number of carboxylic acids is 2. The molecular formula is C78H101N21O22S4. The third kappa shape index (κ3) is 29.3. The van der Waals surface area contributed by atoms with E-state index in [4.69, 9.17) is 32.1 Å². The number of carbonyl (C=O) groups is 18. The molecule has 5 fully saturated rings. The number of aromatic nitrogens is 2. The van der Waals surface area contributed by atoms with Crippen molar-refractivity contribution < 1.29 is 106 Å². The highest BCUT2D eigenvalue weighted by Gasteiger charge is 2.46. The molecule has 0 saturated carbocycles. The molecule has 47 heteroatoms. The van der Waals surface area contributed by atoms with Crippen LogP contribution in [0, 0.1) is 11.3 Å². The van der Waals surface area contributed by atoms with Crippen molar-refractivity contribution in [3.63, 3.8) is 0 Å². The number of hydrogen-bond donors (Lipinski definition) is 21. The highest BCUT2D eigenvalue weighted by Crippen LogP contribution is 2.30. The van der Waals surface area contributed by atoms with E-state index in [2.05, 4.69) is 79.1 Å². The lowest BCUT2D eigenvalue weighted by atomic mass is 9.97. The lowest BCUT2D eigenvalue weighted by Crippen LogP contribution is -2.58. The molecule has 125 heavy (non-hydrogen) atoms. The van der Waals surface area contributed by atoms with Crippen molar-refractivity contribution in [3.8, 4) is 0 Å². The van der Waals surface area contributed by atoms with Crippen LogP contribution in [0.5, 0.6) is 0 Å². The highest BCUT2D eigenvalue weighted by molar-refractivity contribution is 8.77. The van der Waals surface area contributed by atoms with Crippen molar-refractivity contribution in [1.82, 2.24) is 83.6 Å². The van der Waals surface area contributed by atoms with E-state index >= 15 is 0 Å². The zero-order valence-electron chi connectivity index (χ0n) is 68.0. The Morgan fingerprint density at radius 1 is 0.512 bits per heavy atom. The molecule has 7 heterocycles. The minimum Gasteiger partial charge on any atom is -0.481 e. The number of piperidine rings is 1. The highest BCUT2D eigenvalue weighted by atomic mass is 33.1. The summed E-state index contributed by atoms with van der Waals surface area (Å²) in [5.74, 6) is -15.9. The SMILES string of the molecule is CC1NC(=O)C(CC(=O)O)NC(=O)CNC(=O)C(CC(=O)Nc2ccc(C(=N)N)cc2)NC(=O)CCSSCC(C(N)=O)NC(=O)C2CC(OCc3c[nH]c4ccccc34)CN2C1=O.CC1NC(=O)C(CC(=O)O)NC(=O)CNC(=O)C(CNC(=O)C2CCNCC2)NC(=O)CCSSCC(C(N)=O)NC(=O)C2CC(OCc3c[nH]c4ccccc34)CN2C1=O. The Morgan fingerprint density at radius 3 is 1.38 bits per heavy atom. The molecular weight excluding hydrogens is 1710 g/mol. The maximum atomic E-state index is 14.0. The summed E-state index contributed by atoms with van der Waals surface area (Å²) in [6.07, 6.45) is 0.768. The molecule has 5 aliphatic heterocycles. The van der Waals surface area contributed by atoms with Crippen molar-refractivity contribution in [1.29, 1.82) is 5.41 Å². The number of aromatic amines is 2. The van der Waals surface area contributed by atoms with Crippen LogP contribution in [0.4, 0.5) is 5.69 Å². The van der Waals surface area contributed by atoms with Gasteiger partial charge in [0.2, 0.25) is 94.5 Å². The van der Waals surface area contributed by atoms with E-state index in [0.29, 0.717) is 37.2 Å². The van der Waals surface area contributed by atoms with Gasteiger partial charge in [-0.05, 0) is 76.2 Å². The molecule has 43 nitrogen and oxygen atoms in total. The van der Waals surface area contributed by atoms with Crippen LogP contribution < -0.4 is 86.3 Å². The number of anilines is 1. The molecule has 0 bridgehead atoms. The van der Waals surface area contributed by atoms with Gasteiger partial charge in [-0.2, -0.15) is 0 Å². The molecule has 3 aromatic carbocycles. The van der Waals surface area contributed by atoms with Gasteiger partial charge in [0.1, 0.15) is 66.3 Å². The van der Waals surface area contributed by atoms with Gasteiger partial charge < -0.3 is 126 Å². The Labute approximate surface area is 730 Å². The molecule has 5 aromatic rings. The largest absolute Gasteiger partial charge is 0.481 e. The van der Waals surface area contributed by atoms with Crippen molar-refractivity contribution >= 4 is 183 Å². The number of H-pyrrole nitrogens is 2. The van der Waals surface area contributed by atoms with Gasteiger partial charge in [-0.3, -0.25) is 91.7 Å². The number of carboxylic acid groups (broad SMARTS) is 2. The van der Waals surface area contributed by atoms with Crippen LogP contribution in [-0.4, -0.2) is 284 Å². The maximum Gasteiger partial charge on any atom is 0.305 e. The van der Waals surface area contributed by atoms with Gasteiger partial charge in [-0.25, -0.2) is 0 Å². The second kappa shape index (κ2) is 47.2. The number of hydrogen-bond acceptors (Lipinski definition) is 26. The van der Waals surface area contributed by atoms with Crippen LogP contribution in [0.25, 0.3) is 21.8 Å². The van der Waals surface area contributed by atoms with E-state index in [1.807, 2.05) is 48.5 Å². The number of amidine groups is 1. The molecule has 0 radical (unpaired) electrons. The number of nitrogens with one attached hydrogen (secondary N) is 16. The number of amides is 16. The Bertz CT molecular complexity index is 4820. The topological polar surface area (TPSA) is 663 Å². The van der Waals surface area contributed by atoms with Gasteiger partial charge in [-0.1, -0.05) is 79.6 Å². The number of benzene rings is 3. The van der Waals surface area contributed by atoms with Crippen LogP contribution >= 0.6 is 43.2 Å². The van der Waals surface area contributed by atoms with Crippen molar-refractivity contribution in [2.24, 2.45) is 23.1 Å². The third-order valence-corrected chi connectivity index (χ3v) is 25.3.